The maximum Gasteiger partial charge on any atom is 0.419 e. The Hall–Kier alpha value is -3.22. The van der Waals surface area contributed by atoms with Crippen molar-refractivity contribution in [3.05, 3.63) is 77.9 Å². The summed E-state index contributed by atoms with van der Waals surface area (Å²) in [7, 11) is 0. The van der Waals surface area contributed by atoms with Gasteiger partial charge in [0, 0.05) is 34.9 Å². The molecule has 1 N–H and O–H groups in total. The van der Waals surface area contributed by atoms with Crippen molar-refractivity contribution >= 4 is 28.4 Å². The van der Waals surface area contributed by atoms with Gasteiger partial charge in [0.05, 0.1) is 5.56 Å². The van der Waals surface area contributed by atoms with E-state index in [1.165, 1.54) is 6.08 Å². The Kier molecular flexibility index (Phi) is 4.71. The summed E-state index contributed by atoms with van der Waals surface area (Å²) in [5.74, 6) is -1.88. The normalized spacial score (nSPS) is 11.8. The number of carbonyl (C=O) groups is 1. The standard InChI is InChI=1S/C19H12F4N2O/c20-16-10-12(4-6-15(16)19(21,22)23)5-7-18(26)25-17-3-1-2-13-11-24-9-8-14(13)17/h1-11H,(H,25,26)/b7-5+. The second-order valence-electron chi connectivity index (χ2n) is 5.46. The molecule has 0 saturated heterocycles. The minimum absolute atomic E-state index is 0.146. The molecule has 26 heavy (non-hydrogen) atoms. The van der Waals surface area contributed by atoms with Gasteiger partial charge in [0.25, 0.3) is 0 Å². The highest BCUT2D eigenvalue weighted by Crippen LogP contribution is 2.31. The van der Waals surface area contributed by atoms with Crippen molar-refractivity contribution in [1.29, 1.82) is 0 Å². The van der Waals surface area contributed by atoms with Gasteiger partial charge in [-0.2, -0.15) is 13.2 Å². The van der Waals surface area contributed by atoms with Crippen LogP contribution >= 0.6 is 0 Å². The summed E-state index contributed by atoms with van der Waals surface area (Å²) in [6, 6.07) is 9.54. The van der Waals surface area contributed by atoms with Crippen LogP contribution < -0.4 is 5.32 Å². The molecule has 132 valence electrons. The van der Waals surface area contributed by atoms with Crippen LogP contribution in [0.15, 0.2) is 60.9 Å². The van der Waals surface area contributed by atoms with Gasteiger partial charge in [-0.3, -0.25) is 9.78 Å². The Bertz CT molecular complexity index is 991. The molecule has 0 saturated carbocycles. The zero-order valence-electron chi connectivity index (χ0n) is 13.2. The van der Waals surface area contributed by atoms with Crippen molar-refractivity contribution in [2.24, 2.45) is 0 Å². The van der Waals surface area contributed by atoms with Gasteiger partial charge in [0.2, 0.25) is 5.91 Å². The van der Waals surface area contributed by atoms with Crippen molar-refractivity contribution in [1.82, 2.24) is 4.98 Å². The van der Waals surface area contributed by atoms with Crippen LogP contribution in [0.1, 0.15) is 11.1 Å². The molecular formula is C19H12F4N2O. The molecule has 0 aliphatic rings. The zero-order valence-corrected chi connectivity index (χ0v) is 13.2. The average molecular weight is 360 g/mol. The van der Waals surface area contributed by atoms with Crippen LogP contribution in [0.25, 0.3) is 16.8 Å². The van der Waals surface area contributed by atoms with Crippen LogP contribution in [0.4, 0.5) is 23.2 Å². The van der Waals surface area contributed by atoms with Crippen molar-refractivity contribution in [3.63, 3.8) is 0 Å². The van der Waals surface area contributed by atoms with E-state index in [0.717, 1.165) is 29.0 Å². The Labute approximate surface area is 146 Å². The lowest BCUT2D eigenvalue weighted by Gasteiger charge is -2.08. The fourth-order valence-corrected chi connectivity index (χ4v) is 2.44. The molecular weight excluding hydrogens is 348 g/mol. The minimum Gasteiger partial charge on any atom is -0.322 e. The molecule has 0 unspecified atom stereocenters. The maximum absolute atomic E-state index is 13.5. The summed E-state index contributed by atoms with van der Waals surface area (Å²) in [6.07, 6.45) is 0.866. The quantitative estimate of drug-likeness (QED) is 0.525. The fraction of sp³-hybridized carbons (Fsp3) is 0.0526. The first-order valence-electron chi connectivity index (χ1n) is 7.53. The highest BCUT2D eigenvalue weighted by Gasteiger charge is 2.33. The average Bonchev–Trinajstić information content (AvgIpc) is 2.59. The van der Waals surface area contributed by atoms with Crippen LogP contribution in [-0.4, -0.2) is 10.9 Å². The summed E-state index contributed by atoms with van der Waals surface area (Å²) in [4.78, 5) is 16.1. The van der Waals surface area contributed by atoms with E-state index in [9.17, 15) is 22.4 Å². The molecule has 2 aromatic carbocycles. The molecule has 0 radical (unpaired) electrons. The van der Waals surface area contributed by atoms with E-state index in [1.54, 1.807) is 30.6 Å². The predicted octanol–water partition coefficient (Wildman–Crippen LogP) is 5.04. The van der Waals surface area contributed by atoms with E-state index >= 15 is 0 Å². The third-order valence-electron chi connectivity index (χ3n) is 3.66. The van der Waals surface area contributed by atoms with Gasteiger partial charge < -0.3 is 5.32 Å². The lowest BCUT2D eigenvalue weighted by molar-refractivity contribution is -0.140. The molecule has 3 aromatic rings. The molecule has 1 heterocycles. The number of amides is 1. The smallest absolute Gasteiger partial charge is 0.322 e. The molecule has 0 aliphatic heterocycles. The summed E-state index contributed by atoms with van der Waals surface area (Å²) in [6.45, 7) is 0. The number of rotatable bonds is 3. The van der Waals surface area contributed by atoms with Crippen LogP contribution in [-0.2, 0) is 11.0 Å². The van der Waals surface area contributed by atoms with Gasteiger partial charge in [-0.05, 0) is 35.9 Å². The van der Waals surface area contributed by atoms with Gasteiger partial charge in [0.15, 0.2) is 0 Å². The van der Waals surface area contributed by atoms with Gasteiger partial charge in [0.1, 0.15) is 5.82 Å². The summed E-state index contributed by atoms with van der Waals surface area (Å²) < 4.78 is 51.1. The first-order valence-corrected chi connectivity index (χ1v) is 7.53. The summed E-state index contributed by atoms with van der Waals surface area (Å²) in [5.41, 5.74) is -0.630. The number of hydrogen-bond donors (Lipinski definition) is 1. The van der Waals surface area contributed by atoms with E-state index in [0.29, 0.717) is 11.8 Å². The molecule has 0 bridgehead atoms. The molecule has 7 heteroatoms. The molecule has 0 aliphatic carbocycles. The number of anilines is 1. The Morgan fingerprint density at radius 3 is 2.65 bits per heavy atom. The number of alkyl halides is 3. The van der Waals surface area contributed by atoms with E-state index in [2.05, 4.69) is 10.3 Å². The first-order chi connectivity index (χ1) is 12.3. The number of benzene rings is 2. The Balaban J connectivity index is 1.76. The lowest BCUT2D eigenvalue weighted by atomic mass is 10.1. The molecule has 0 spiro atoms. The Morgan fingerprint density at radius 1 is 1.12 bits per heavy atom. The van der Waals surface area contributed by atoms with Gasteiger partial charge in [-0.1, -0.05) is 18.2 Å². The summed E-state index contributed by atoms with van der Waals surface area (Å²) in [5, 5.41) is 4.32. The molecule has 3 rings (SSSR count). The minimum atomic E-state index is -4.76. The number of nitrogens with zero attached hydrogens (tertiary/aromatic N) is 1. The van der Waals surface area contributed by atoms with E-state index in [4.69, 9.17) is 0 Å². The van der Waals surface area contributed by atoms with Crippen LogP contribution in [0, 0.1) is 5.82 Å². The largest absolute Gasteiger partial charge is 0.419 e. The molecule has 3 nitrogen and oxygen atoms in total. The van der Waals surface area contributed by atoms with E-state index < -0.39 is 23.5 Å². The number of halogens is 4. The van der Waals surface area contributed by atoms with E-state index in [1.807, 2.05) is 6.07 Å². The van der Waals surface area contributed by atoms with Crippen molar-refractivity contribution in [2.45, 2.75) is 6.18 Å². The second kappa shape index (κ2) is 6.95. The van der Waals surface area contributed by atoms with Crippen LogP contribution in [0.3, 0.4) is 0 Å². The topological polar surface area (TPSA) is 42.0 Å². The van der Waals surface area contributed by atoms with Gasteiger partial charge >= 0.3 is 6.18 Å². The van der Waals surface area contributed by atoms with Crippen molar-refractivity contribution in [3.8, 4) is 0 Å². The van der Waals surface area contributed by atoms with Crippen LogP contribution in [0.2, 0.25) is 0 Å². The van der Waals surface area contributed by atoms with Crippen molar-refractivity contribution < 1.29 is 22.4 Å². The highest BCUT2D eigenvalue weighted by molar-refractivity contribution is 6.07. The Morgan fingerprint density at radius 2 is 1.92 bits per heavy atom. The van der Waals surface area contributed by atoms with E-state index in [-0.39, 0.29) is 5.56 Å². The first kappa shape index (κ1) is 17.6. The SMILES string of the molecule is O=C(/C=C/c1ccc(C(F)(F)F)c(F)c1)Nc1cccc2cnccc12. The molecule has 0 fully saturated rings. The third-order valence-corrected chi connectivity index (χ3v) is 3.66. The number of nitrogens with one attached hydrogen (secondary N) is 1. The monoisotopic (exact) mass is 360 g/mol. The highest BCUT2D eigenvalue weighted by atomic mass is 19.4. The number of hydrogen-bond acceptors (Lipinski definition) is 2. The number of carbonyl (C=O) groups excluding carboxylic acids is 1. The number of aromatic nitrogens is 1. The number of pyridine rings is 1. The van der Waals surface area contributed by atoms with Gasteiger partial charge in [-0.15, -0.1) is 0 Å². The molecule has 1 aromatic heterocycles. The molecule has 1 amide bonds. The molecule has 0 atom stereocenters. The third kappa shape index (κ3) is 3.88. The van der Waals surface area contributed by atoms with Crippen molar-refractivity contribution in [2.75, 3.05) is 5.32 Å². The maximum atomic E-state index is 13.5. The van der Waals surface area contributed by atoms with Crippen LogP contribution in [0.5, 0.6) is 0 Å². The second-order valence-corrected chi connectivity index (χ2v) is 5.46. The number of fused-ring (bicyclic) bond motifs is 1. The summed E-state index contributed by atoms with van der Waals surface area (Å²) >= 11 is 0. The lowest BCUT2D eigenvalue weighted by Crippen LogP contribution is -2.09. The predicted molar refractivity (Wildman–Crippen MR) is 90.8 cm³/mol. The van der Waals surface area contributed by atoms with Gasteiger partial charge in [-0.25, -0.2) is 4.39 Å². The zero-order chi connectivity index (χ0) is 18.7. The fourth-order valence-electron chi connectivity index (χ4n) is 2.44.